The first kappa shape index (κ1) is 25.2. The molecule has 0 unspecified atom stereocenters. The molecule has 3 aromatic carbocycles. The number of carbonyl (C=O) groups excluding carboxylic acids is 3. The topological polar surface area (TPSA) is 106 Å². The highest BCUT2D eigenvalue weighted by atomic mass is 79.9. The Morgan fingerprint density at radius 1 is 0.912 bits per heavy atom. The summed E-state index contributed by atoms with van der Waals surface area (Å²) in [6, 6.07) is 15.7. The van der Waals surface area contributed by atoms with E-state index in [0.717, 1.165) is 4.47 Å². The van der Waals surface area contributed by atoms with E-state index in [1.807, 2.05) is 0 Å². The molecular weight excluding hydrogens is 549 g/mol. The molecule has 2 N–H and O–H groups in total. The zero-order valence-electron chi connectivity index (χ0n) is 17.5. The average Bonchev–Trinajstić information content (AvgIpc) is 2.82. The van der Waals surface area contributed by atoms with Crippen LogP contribution in [0.2, 0.25) is 10.0 Å². The average molecular weight is 565 g/mol. The monoisotopic (exact) mass is 563 g/mol. The summed E-state index contributed by atoms with van der Waals surface area (Å²) >= 11 is 15.1. The lowest BCUT2D eigenvalue weighted by atomic mass is 10.2. The number of hydrazone groups is 1. The number of anilines is 1. The van der Waals surface area contributed by atoms with E-state index in [4.69, 9.17) is 32.7 Å². The van der Waals surface area contributed by atoms with Gasteiger partial charge in [-0.25, -0.2) is 10.2 Å². The van der Waals surface area contributed by atoms with E-state index in [0.29, 0.717) is 16.3 Å². The normalized spacial score (nSPS) is 10.6. The second kappa shape index (κ2) is 11.6. The van der Waals surface area contributed by atoms with Crippen molar-refractivity contribution in [2.45, 2.75) is 0 Å². The van der Waals surface area contributed by atoms with Gasteiger partial charge in [-0.15, -0.1) is 0 Å². The molecule has 0 radical (unpaired) electrons. The van der Waals surface area contributed by atoms with E-state index in [1.54, 1.807) is 30.3 Å². The first-order valence-corrected chi connectivity index (χ1v) is 11.1. The smallest absolute Gasteiger partial charge is 0.343 e. The summed E-state index contributed by atoms with van der Waals surface area (Å²) in [5, 5.41) is 6.76. The van der Waals surface area contributed by atoms with Crippen LogP contribution in [0.25, 0.3) is 0 Å². The minimum Gasteiger partial charge on any atom is -0.493 e. The number of hydrogen-bond acceptors (Lipinski definition) is 6. The molecule has 11 heteroatoms. The molecule has 0 fully saturated rings. The number of ether oxygens (including phenoxy) is 2. The third-order valence-corrected chi connectivity index (χ3v) is 5.50. The molecule has 0 spiro atoms. The lowest BCUT2D eigenvalue weighted by Gasteiger charge is -2.10. The molecule has 0 aliphatic carbocycles. The molecule has 0 aromatic heterocycles. The zero-order valence-corrected chi connectivity index (χ0v) is 20.6. The van der Waals surface area contributed by atoms with E-state index in [2.05, 4.69) is 31.8 Å². The van der Waals surface area contributed by atoms with Gasteiger partial charge in [-0.2, -0.15) is 5.10 Å². The Kier molecular flexibility index (Phi) is 8.64. The maximum atomic E-state index is 12.4. The number of benzene rings is 3. The van der Waals surface area contributed by atoms with Crippen molar-refractivity contribution in [3.8, 4) is 11.5 Å². The Bertz CT molecular complexity index is 1270. The third kappa shape index (κ3) is 6.80. The van der Waals surface area contributed by atoms with Crippen LogP contribution in [0.4, 0.5) is 5.69 Å². The van der Waals surface area contributed by atoms with E-state index >= 15 is 0 Å². The van der Waals surface area contributed by atoms with Gasteiger partial charge in [-0.1, -0.05) is 39.1 Å². The number of rotatable bonds is 6. The predicted octanol–water partition coefficient (Wildman–Crippen LogP) is 5.07. The Labute approximate surface area is 213 Å². The third-order valence-electron chi connectivity index (χ3n) is 4.23. The standard InChI is InChI=1S/C23H16BrCl2N3O5/c1-33-20-10-13(2-9-19(20)34-23(32)14-3-8-17(25)18(26)11-14)12-27-29-22(31)21(30)28-16-6-4-15(24)5-7-16/h2-12H,1H3,(H,28,30)(H,29,31). The number of methoxy groups -OCH3 is 1. The van der Waals surface area contributed by atoms with Gasteiger partial charge in [0, 0.05) is 10.2 Å². The van der Waals surface area contributed by atoms with Gasteiger partial charge in [0.25, 0.3) is 0 Å². The van der Waals surface area contributed by atoms with Crippen LogP contribution in [0.5, 0.6) is 11.5 Å². The number of nitrogens with zero attached hydrogens (tertiary/aromatic N) is 1. The van der Waals surface area contributed by atoms with E-state index < -0.39 is 17.8 Å². The molecule has 34 heavy (non-hydrogen) atoms. The number of nitrogens with one attached hydrogen (secondary N) is 2. The van der Waals surface area contributed by atoms with Crippen LogP contribution in [0.1, 0.15) is 15.9 Å². The summed E-state index contributed by atoms with van der Waals surface area (Å²) in [4.78, 5) is 36.3. The fraction of sp³-hybridized carbons (Fsp3) is 0.0435. The molecule has 0 saturated heterocycles. The second-order valence-corrected chi connectivity index (χ2v) is 8.32. The molecule has 2 amide bonds. The van der Waals surface area contributed by atoms with Crippen LogP contribution in [-0.4, -0.2) is 31.1 Å². The van der Waals surface area contributed by atoms with Crippen LogP contribution in [0.15, 0.2) is 70.2 Å². The van der Waals surface area contributed by atoms with Gasteiger partial charge in [0.15, 0.2) is 11.5 Å². The number of amides is 2. The predicted molar refractivity (Wildman–Crippen MR) is 133 cm³/mol. The molecular formula is C23H16BrCl2N3O5. The largest absolute Gasteiger partial charge is 0.493 e. The van der Waals surface area contributed by atoms with Gasteiger partial charge in [0.2, 0.25) is 0 Å². The van der Waals surface area contributed by atoms with Gasteiger partial charge in [0.05, 0.1) is 28.9 Å². The van der Waals surface area contributed by atoms with Crippen molar-refractivity contribution in [2.24, 2.45) is 5.10 Å². The molecule has 3 aromatic rings. The first-order valence-electron chi connectivity index (χ1n) is 9.52. The second-order valence-electron chi connectivity index (χ2n) is 6.59. The summed E-state index contributed by atoms with van der Waals surface area (Å²) in [5.41, 5.74) is 3.33. The molecule has 174 valence electrons. The highest BCUT2D eigenvalue weighted by Crippen LogP contribution is 2.29. The lowest BCUT2D eigenvalue weighted by molar-refractivity contribution is -0.136. The summed E-state index contributed by atoms with van der Waals surface area (Å²) in [5.74, 6) is -2.06. The number of carbonyl (C=O) groups is 3. The Morgan fingerprint density at radius 3 is 2.32 bits per heavy atom. The molecule has 0 aliphatic heterocycles. The Morgan fingerprint density at radius 2 is 1.65 bits per heavy atom. The Hall–Kier alpha value is -3.40. The minimum atomic E-state index is -0.946. The quantitative estimate of drug-likeness (QED) is 0.143. The van der Waals surface area contributed by atoms with Crippen molar-refractivity contribution in [1.29, 1.82) is 0 Å². The van der Waals surface area contributed by atoms with Gasteiger partial charge in [-0.05, 0) is 66.2 Å². The molecule has 0 heterocycles. The van der Waals surface area contributed by atoms with Crippen LogP contribution in [0.3, 0.4) is 0 Å². The van der Waals surface area contributed by atoms with E-state index in [-0.39, 0.29) is 22.1 Å². The number of hydrogen-bond donors (Lipinski definition) is 2. The molecule has 0 atom stereocenters. The zero-order chi connectivity index (χ0) is 24.7. The SMILES string of the molecule is COc1cc(C=NNC(=O)C(=O)Nc2ccc(Br)cc2)ccc1OC(=O)c1ccc(Cl)c(Cl)c1. The van der Waals surface area contributed by atoms with Crippen LogP contribution >= 0.6 is 39.1 Å². The first-order chi connectivity index (χ1) is 16.3. The van der Waals surface area contributed by atoms with Crippen LogP contribution in [-0.2, 0) is 9.59 Å². The summed E-state index contributed by atoms with van der Waals surface area (Å²) in [6.45, 7) is 0. The maximum absolute atomic E-state index is 12.4. The van der Waals surface area contributed by atoms with Crippen molar-refractivity contribution in [3.05, 3.63) is 86.3 Å². The van der Waals surface area contributed by atoms with E-state index in [1.165, 1.54) is 43.7 Å². The highest BCUT2D eigenvalue weighted by Gasteiger charge is 2.15. The highest BCUT2D eigenvalue weighted by molar-refractivity contribution is 9.10. The summed E-state index contributed by atoms with van der Waals surface area (Å²) in [6.07, 6.45) is 1.30. The molecule has 0 bridgehead atoms. The van der Waals surface area contributed by atoms with Gasteiger partial charge >= 0.3 is 17.8 Å². The van der Waals surface area contributed by atoms with Crippen molar-refractivity contribution in [1.82, 2.24) is 5.43 Å². The van der Waals surface area contributed by atoms with Crippen molar-refractivity contribution in [2.75, 3.05) is 12.4 Å². The van der Waals surface area contributed by atoms with Gasteiger partial charge < -0.3 is 14.8 Å². The number of esters is 1. The van der Waals surface area contributed by atoms with Crippen LogP contribution < -0.4 is 20.2 Å². The molecule has 0 aliphatic rings. The minimum absolute atomic E-state index is 0.161. The fourth-order valence-corrected chi connectivity index (χ4v) is 3.13. The fourth-order valence-electron chi connectivity index (χ4n) is 2.57. The van der Waals surface area contributed by atoms with Crippen molar-refractivity contribution >= 4 is 68.8 Å². The van der Waals surface area contributed by atoms with Gasteiger partial charge in [-0.3, -0.25) is 9.59 Å². The van der Waals surface area contributed by atoms with Crippen molar-refractivity contribution in [3.63, 3.8) is 0 Å². The summed E-state index contributed by atoms with van der Waals surface area (Å²) in [7, 11) is 1.40. The maximum Gasteiger partial charge on any atom is 0.343 e. The lowest BCUT2D eigenvalue weighted by Crippen LogP contribution is -2.32. The Balaban J connectivity index is 1.61. The van der Waals surface area contributed by atoms with E-state index in [9.17, 15) is 14.4 Å². The van der Waals surface area contributed by atoms with Crippen LogP contribution in [0, 0.1) is 0 Å². The van der Waals surface area contributed by atoms with Gasteiger partial charge in [0.1, 0.15) is 0 Å². The molecule has 8 nitrogen and oxygen atoms in total. The number of halogens is 3. The van der Waals surface area contributed by atoms with Crippen molar-refractivity contribution < 1.29 is 23.9 Å². The molecule has 0 saturated carbocycles. The summed E-state index contributed by atoms with van der Waals surface area (Å²) < 4.78 is 11.5. The molecule has 3 rings (SSSR count).